The van der Waals surface area contributed by atoms with Crippen molar-refractivity contribution in [3.05, 3.63) is 65.2 Å². The van der Waals surface area contributed by atoms with Gasteiger partial charge in [-0.15, -0.1) is 0 Å². The van der Waals surface area contributed by atoms with Crippen molar-refractivity contribution >= 4 is 6.09 Å². The zero-order valence-corrected chi connectivity index (χ0v) is 13.0. The van der Waals surface area contributed by atoms with Crippen LogP contribution >= 0.6 is 0 Å². The minimum atomic E-state index is -0.454. The second-order valence-electron chi connectivity index (χ2n) is 4.99. The van der Waals surface area contributed by atoms with E-state index in [1.54, 1.807) is 12.1 Å². The third-order valence-corrected chi connectivity index (χ3v) is 3.26. The van der Waals surface area contributed by atoms with Crippen LogP contribution in [0.1, 0.15) is 23.1 Å². The van der Waals surface area contributed by atoms with Gasteiger partial charge in [-0.05, 0) is 24.6 Å². The van der Waals surface area contributed by atoms with Crippen molar-refractivity contribution in [1.82, 2.24) is 5.32 Å². The summed E-state index contributed by atoms with van der Waals surface area (Å²) in [6, 6.07) is 14.7. The first-order valence-electron chi connectivity index (χ1n) is 7.39. The fraction of sp³-hybridized carbons (Fsp3) is 0.211. The minimum Gasteiger partial charge on any atom is -0.508 e. The van der Waals surface area contributed by atoms with Crippen molar-refractivity contribution in [2.45, 2.75) is 20.0 Å². The Kier molecular flexibility index (Phi) is 6.07. The average Bonchev–Trinajstić information content (AvgIpc) is 2.57. The number of hydrogen-bond donors (Lipinski definition) is 2. The molecular formula is C19H19NO3. The van der Waals surface area contributed by atoms with E-state index in [1.807, 2.05) is 43.3 Å². The molecule has 0 aliphatic carbocycles. The summed E-state index contributed by atoms with van der Waals surface area (Å²) in [5.74, 6) is 6.19. The van der Waals surface area contributed by atoms with E-state index in [1.165, 1.54) is 0 Å². The maximum Gasteiger partial charge on any atom is 0.407 e. The number of alkyl carbamates (subject to hydrolysis) is 1. The molecule has 4 nitrogen and oxygen atoms in total. The largest absolute Gasteiger partial charge is 0.508 e. The first kappa shape index (κ1) is 16.4. The van der Waals surface area contributed by atoms with E-state index in [0.717, 1.165) is 16.7 Å². The third-order valence-electron chi connectivity index (χ3n) is 3.26. The molecule has 2 N–H and O–H groups in total. The van der Waals surface area contributed by atoms with Crippen LogP contribution in [-0.4, -0.2) is 17.7 Å². The van der Waals surface area contributed by atoms with E-state index in [4.69, 9.17) is 4.74 Å². The summed E-state index contributed by atoms with van der Waals surface area (Å²) in [4.78, 5) is 11.5. The summed E-state index contributed by atoms with van der Waals surface area (Å²) in [7, 11) is 0. The molecule has 2 rings (SSSR count). The molecule has 0 fully saturated rings. The Morgan fingerprint density at radius 1 is 1.17 bits per heavy atom. The highest BCUT2D eigenvalue weighted by atomic mass is 16.5. The molecule has 23 heavy (non-hydrogen) atoms. The van der Waals surface area contributed by atoms with Gasteiger partial charge in [0.15, 0.2) is 0 Å². The van der Waals surface area contributed by atoms with Crippen molar-refractivity contribution in [2.75, 3.05) is 6.54 Å². The molecule has 0 aliphatic heterocycles. The Balaban J connectivity index is 1.70. The Morgan fingerprint density at radius 2 is 1.96 bits per heavy atom. The van der Waals surface area contributed by atoms with E-state index in [2.05, 4.69) is 17.2 Å². The summed E-state index contributed by atoms with van der Waals surface area (Å²) >= 11 is 0. The van der Waals surface area contributed by atoms with Crippen molar-refractivity contribution in [2.24, 2.45) is 0 Å². The Bertz CT molecular complexity index is 714. The van der Waals surface area contributed by atoms with E-state index in [9.17, 15) is 9.90 Å². The summed E-state index contributed by atoms with van der Waals surface area (Å²) in [5.41, 5.74) is 2.49. The molecule has 0 radical (unpaired) electrons. The molecule has 0 unspecified atom stereocenters. The number of benzene rings is 2. The molecule has 0 saturated carbocycles. The zero-order valence-electron chi connectivity index (χ0n) is 13.0. The van der Waals surface area contributed by atoms with Gasteiger partial charge in [0.25, 0.3) is 0 Å². The van der Waals surface area contributed by atoms with E-state index < -0.39 is 6.09 Å². The molecule has 0 aliphatic rings. The summed E-state index contributed by atoms with van der Waals surface area (Å²) < 4.78 is 5.10. The number of carbonyl (C=O) groups excluding carboxylic acids is 1. The van der Waals surface area contributed by atoms with Gasteiger partial charge < -0.3 is 15.2 Å². The number of phenolic OH excluding ortho intramolecular Hbond substituents is 1. The van der Waals surface area contributed by atoms with Gasteiger partial charge in [0.2, 0.25) is 0 Å². The van der Waals surface area contributed by atoms with Crippen LogP contribution in [0.4, 0.5) is 4.79 Å². The van der Waals surface area contributed by atoms with Gasteiger partial charge in [-0.25, -0.2) is 4.79 Å². The molecule has 0 aromatic heterocycles. The van der Waals surface area contributed by atoms with Gasteiger partial charge in [0.05, 0.1) is 0 Å². The first-order valence-corrected chi connectivity index (χ1v) is 7.39. The van der Waals surface area contributed by atoms with Crippen LogP contribution in [0, 0.1) is 18.8 Å². The van der Waals surface area contributed by atoms with Crippen LogP contribution in [0.2, 0.25) is 0 Å². The quantitative estimate of drug-likeness (QED) is 0.672. The average molecular weight is 309 g/mol. The maximum atomic E-state index is 11.5. The fourth-order valence-electron chi connectivity index (χ4n) is 1.92. The Morgan fingerprint density at radius 3 is 2.74 bits per heavy atom. The molecule has 118 valence electrons. The van der Waals surface area contributed by atoms with Gasteiger partial charge in [0.1, 0.15) is 12.4 Å². The maximum absolute atomic E-state index is 11.5. The van der Waals surface area contributed by atoms with Gasteiger partial charge in [0, 0.05) is 24.1 Å². The molecule has 0 atom stereocenters. The lowest BCUT2D eigenvalue weighted by atomic mass is 10.1. The second-order valence-corrected chi connectivity index (χ2v) is 4.99. The predicted octanol–water partition coefficient (Wildman–Crippen LogP) is 3.37. The highest BCUT2D eigenvalue weighted by Gasteiger charge is 2.01. The van der Waals surface area contributed by atoms with Gasteiger partial charge >= 0.3 is 6.09 Å². The number of amides is 1. The Hall–Kier alpha value is -2.93. The minimum absolute atomic E-state index is 0.236. The highest BCUT2D eigenvalue weighted by Crippen LogP contribution is 2.18. The van der Waals surface area contributed by atoms with E-state index in [-0.39, 0.29) is 12.4 Å². The van der Waals surface area contributed by atoms with Crippen molar-refractivity contribution in [3.8, 4) is 17.6 Å². The number of rotatable bonds is 4. The molecule has 2 aromatic carbocycles. The van der Waals surface area contributed by atoms with Crippen LogP contribution < -0.4 is 5.32 Å². The van der Waals surface area contributed by atoms with Crippen molar-refractivity contribution in [3.63, 3.8) is 0 Å². The Labute approximate surface area is 136 Å². The smallest absolute Gasteiger partial charge is 0.407 e. The molecular weight excluding hydrogens is 290 g/mol. The number of hydrogen-bond acceptors (Lipinski definition) is 3. The monoisotopic (exact) mass is 309 g/mol. The van der Waals surface area contributed by atoms with Crippen molar-refractivity contribution in [1.29, 1.82) is 0 Å². The summed E-state index contributed by atoms with van der Waals surface area (Å²) in [5, 5.41) is 12.2. The lowest BCUT2D eigenvalue weighted by Crippen LogP contribution is -2.24. The third kappa shape index (κ3) is 5.40. The second kappa shape index (κ2) is 8.50. The molecule has 0 bridgehead atoms. The number of nitrogens with one attached hydrogen (secondary N) is 1. The molecule has 2 aromatic rings. The summed E-state index contributed by atoms with van der Waals surface area (Å²) in [6.07, 6.45) is 0.0550. The van der Waals surface area contributed by atoms with Gasteiger partial charge in [-0.1, -0.05) is 48.2 Å². The zero-order chi connectivity index (χ0) is 16.5. The predicted molar refractivity (Wildman–Crippen MR) is 89.0 cm³/mol. The molecule has 0 spiro atoms. The van der Waals surface area contributed by atoms with Crippen LogP contribution in [0.25, 0.3) is 0 Å². The normalized spacial score (nSPS) is 9.61. The standard InChI is InChI=1S/C19H19NO3/c1-15-17(11-7-12-18(15)21)10-5-6-13-20-19(22)23-14-16-8-3-2-4-9-16/h2-4,7-9,11-12,21H,6,13-14H2,1H3,(H,20,22). The SMILES string of the molecule is Cc1c(O)cccc1C#CCCNC(=O)OCc1ccccc1. The number of aromatic hydroxyl groups is 1. The number of carbonyl (C=O) groups is 1. The number of phenols is 1. The van der Waals surface area contributed by atoms with E-state index in [0.29, 0.717) is 13.0 Å². The van der Waals surface area contributed by atoms with Crippen LogP contribution in [0.5, 0.6) is 5.75 Å². The molecule has 0 saturated heterocycles. The molecule has 4 heteroatoms. The lowest BCUT2D eigenvalue weighted by molar-refractivity contribution is 0.140. The molecule has 0 heterocycles. The fourth-order valence-corrected chi connectivity index (χ4v) is 1.92. The number of ether oxygens (including phenoxy) is 1. The lowest BCUT2D eigenvalue weighted by Gasteiger charge is -2.05. The van der Waals surface area contributed by atoms with Gasteiger partial charge in [-0.2, -0.15) is 0 Å². The van der Waals surface area contributed by atoms with Crippen LogP contribution in [0.15, 0.2) is 48.5 Å². The van der Waals surface area contributed by atoms with E-state index >= 15 is 0 Å². The molecule has 1 amide bonds. The van der Waals surface area contributed by atoms with Crippen molar-refractivity contribution < 1.29 is 14.6 Å². The topological polar surface area (TPSA) is 58.6 Å². The van der Waals surface area contributed by atoms with Crippen LogP contribution in [0.3, 0.4) is 0 Å². The first-order chi connectivity index (χ1) is 11.2. The summed E-state index contributed by atoms with van der Waals surface area (Å²) in [6.45, 7) is 2.48. The van der Waals surface area contributed by atoms with Gasteiger partial charge in [-0.3, -0.25) is 0 Å². The highest BCUT2D eigenvalue weighted by molar-refractivity contribution is 5.67. The van der Waals surface area contributed by atoms with Crippen LogP contribution in [-0.2, 0) is 11.3 Å².